The normalized spacial score (nSPS) is 20.6. The molecule has 2 aliphatic heterocycles. The monoisotopic (exact) mass is 268 g/mol. The van der Waals surface area contributed by atoms with Gasteiger partial charge in [-0.1, -0.05) is 30.3 Å². The molecule has 2 aromatic carbocycles. The van der Waals surface area contributed by atoms with Gasteiger partial charge in [-0.2, -0.15) is 0 Å². The Kier molecular flexibility index (Phi) is 2.74. The van der Waals surface area contributed by atoms with Crippen LogP contribution >= 0.6 is 0 Å². The van der Waals surface area contributed by atoms with Crippen molar-refractivity contribution >= 4 is 5.69 Å². The maximum absolute atomic E-state index is 13.6. The molecule has 0 bridgehead atoms. The van der Waals surface area contributed by atoms with Crippen molar-refractivity contribution in [3.8, 4) is 0 Å². The fourth-order valence-electron chi connectivity index (χ4n) is 3.45. The predicted octanol–water partition coefficient (Wildman–Crippen LogP) is 3.03. The van der Waals surface area contributed by atoms with E-state index in [0.29, 0.717) is 6.04 Å². The van der Waals surface area contributed by atoms with Crippen molar-refractivity contribution < 1.29 is 4.39 Å². The Morgan fingerprint density at radius 3 is 2.95 bits per heavy atom. The number of nitrogens with one attached hydrogen (secondary N) is 1. The SMILES string of the molecule is Fc1ccc2c(c1)N(C1CNCc3ccccc31)CC2. The van der Waals surface area contributed by atoms with E-state index < -0.39 is 0 Å². The van der Waals surface area contributed by atoms with Gasteiger partial charge in [-0.3, -0.25) is 0 Å². The number of anilines is 1. The lowest BCUT2D eigenvalue weighted by atomic mass is 9.95. The molecular weight excluding hydrogens is 251 g/mol. The van der Waals surface area contributed by atoms with Crippen LogP contribution in [0, 0.1) is 5.82 Å². The number of nitrogens with zero attached hydrogens (tertiary/aromatic N) is 1. The fourth-order valence-corrected chi connectivity index (χ4v) is 3.45. The number of hydrogen-bond donors (Lipinski definition) is 1. The van der Waals surface area contributed by atoms with Gasteiger partial charge >= 0.3 is 0 Å². The van der Waals surface area contributed by atoms with E-state index in [1.807, 2.05) is 6.07 Å². The molecule has 20 heavy (non-hydrogen) atoms. The zero-order chi connectivity index (χ0) is 13.5. The second-order valence-corrected chi connectivity index (χ2v) is 5.56. The van der Waals surface area contributed by atoms with Gasteiger partial charge < -0.3 is 10.2 Å². The Morgan fingerprint density at radius 1 is 1.10 bits per heavy atom. The largest absolute Gasteiger partial charge is 0.363 e. The molecule has 102 valence electrons. The molecule has 0 saturated heterocycles. The Balaban J connectivity index is 1.76. The quantitative estimate of drug-likeness (QED) is 0.855. The van der Waals surface area contributed by atoms with Gasteiger partial charge in [0.05, 0.1) is 6.04 Å². The summed E-state index contributed by atoms with van der Waals surface area (Å²) in [4.78, 5) is 2.35. The molecule has 0 saturated carbocycles. The molecular formula is C17H17FN2. The Hall–Kier alpha value is -1.87. The Bertz CT molecular complexity index is 653. The third-order valence-corrected chi connectivity index (χ3v) is 4.42. The summed E-state index contributed by atoms with van der Waals surface area (Å²) >= 11 is 0. The first-order valence-corrected chi connectivity index (χ1v) is 7.16. The van der Waals surface area contributed by atoms with Gasteiger partial charge in [-0.05, 0) is 35.2 Å². The summed E-state index contributed by atoms with van der Waals surface area (Å²) in [6.45, 7) is 2.82. The van der Waals surface area contributed by atoms with Gasteiger partial charge in [-0.15, -0.1) is 0 Å². The average Bonchev–Trinajstić information content (AvgIpc) is 2.89. The highest BCUT2D eigenvalue weighted by Crippen LogP contribution is 2.37. The Labute approximate surface area is 118 Å². The zero-order valence-corrected chi connectivity index (χ0v) is 11.3. The number of fused-ring (bicyclic) bond motifs is 2. The minimum atomic E-state index is -0.146. The molecule has 0 radical (unpaired) electrons. The number of hydrogen-bond acceptors (Lipinski definition) is 2. The van der Waals surface area contributed by atoms with Crippen LogP contribution < -0.4 is 10.2 Å². The first-order chi connectivity index (χ1) is 9.83. The summed E-state index contributed by atoms with van der Waals surface area (Å²) in [6.07, 6.45) is 1.01. The molecule has 2 aliphatic rings. The van der Waals surface area contributed by atoms with Crippen LogP contribution in [0.3, 0.4) is 0 Å². The molecule has 0 amide bonds. The van der Waals surface area contributed by atoms with Crippen molar-refractivity contribution in [1.29, 1.82) is 0 Å². The van der Waals surface area contributed by atoms with E-state index in [9.17, 15) is 4.39 Å². The topological polar surface area (TPSA) is 15.3 Å². The molecule has 1 N–H and O–H groups in total. The minimum absolute atomic E-state index is 0.146. The lowest BCUT2D eigenvalue weighted by Crippen LogP contribution is -2.39. The van der Waals surface area contributed by atoms with Crippen molar-refractivity contribution in [3.05, 3.63) is 65.0 Å². The molecule has 3 heteroatoms. The van der Waals surface area contributed by atoms with Gasteiger partial charge in [-0.25, -0.2) is 4.39 Å². The first-order valence-electron chi connectivity index (χ1n) is 7.16. The van der Waals surface area contributed by atoms with E-state index in [-0.39, 0.29) is 5.82 Å². The second kappa shape index (κ2) is 4.60. The van der Waals surface area contributed by atoms with E-state index in [2.05, 4.69) is 34.5 Å². The van der Waals surface area contributed by atoms with Crippen molar-refractivity contribution in [2.24, 2.45) is 0 Å². The zero-order valence-electron chi connectivity index (χ0n) is 11.3. The van der Waals surface area contributed by atoms with E-state index >= 15 is 0 Å². The van der Waals surface area contributed by atoms with Crippen molar-refractivity contribution in [3.63, 3.8) is 0 Å². The highest BCUT2D eigenvalue weighted by atomic mass is 19.1. The molecule has 1 unspecified atom stereocenters. The van der Waals surface area contributed by atoms with E-state index in [0.717, 1.165) is 31.7 Å². The summed E-state index contributed by atoms with van der Waals surface area (Å²) in [7, 11) is 0. The number of halogens is 1. The third-order valence-electron chi connectivity index (χ3n) is 4.42. The van der Waals surface area contributed by atoms with Gasteiger partial charge in [0, 0.05) is 25.3 Å². The maximum atomic E-state index is 13.6. The summed E-state index contributed by atoms with van der Waals surface area (Å²) in [6, 6.07) is 14.0. The molecule has 2 aromatic rings. The standard InChI is InChI=1S/C17H17FN2/c18-14-6-5-12-7-8-20(16(12)9-14)17-11-19-10-13-3-1-2-4-15(13)17/h1-6,9,17,19H,7-8,10-11H2. The van der Waals surface area contributed by atoms with Crippen LogP contribution in [-0.4, -0.2) is 13.1 Å². The van der Waals surface area contributed by atoms with Crippen LogP contribution in [0.2, 0.25) is 0 Å². The average molecular weight is 268 g/mol. The van der Waals surface area contributed by atoms with Crippen molar-refractivity contribution in [2.75, 3.05) is 18.0 Å². The maximum Gasteiger partial charge on any atom is 0.125 e. The summed E-state index contributed by atoms with van der Waals surface area (Å²) in [5.41, 5.74) is 5.06. The van der Waals surface area contributed by atoms with Crippen LogP contribution in [0.25, 0.3) is 0 Å². The summed E-state index contributed by atoms with van der Waals surface area (Å²) < 4.78 is 13.6. The second-order valence-electron chi connectivity index (χ2n) is 5.56. The first kappa shape index (κ1) is 11.9. The van der Waals surface area contributed by atoms with Crippen LogP contribution in [0.15, 0.2) is 42.5 Å². The molecule has 0 spiro atoms. The van der Waals surface area contributed by atoms with Crippen LogP contribution in [0.5, 0.6) is 0 Å². The predicted molar refractivity (Wildman–Crippen MR) is 78.3 cm³/mol. The molecule has 0 aromatic heterocycles. The number of rotatable bonds is 1. The minimum Gasteiger partial charge on any atom is -0.363 e. The lowest BCUT2D eigenvalue weighted by molar-refractivity contribution is 0.522. The number of benzene rings is 2. The van der Waals surface area contributed by atoms with Crippen LogP contribution in [-0.2, 0) is 13.0 Å². The fraction of sp³-hybridized carbons (Fsp3) is 0.294. The highest BCUT2D eigenvalue weighted by molar-refractivity contribution is 5.60. The summed E-state index contributed by atoms with van der Waals surface area (Å²) in [5, 5.41) is 3.48. The van der Waals surface area contributed by atoms with Crippen molar-refractivity contribution in [2.45, 2.75) is 19.0 Å². The molecule has 0 fully saturated rings. The van der Waals surface area contributed by atoms with Gasteiger partial charge in [0.1, 0.15) is 5.82 Å². The van der Waals surface area contributed by atoms with E-state index in [1.54, 1.807) is 12.1 Å². The molecule has 2 nitrogen and oxygen atoms in total. The van der Waals surface area contributed by atoms with Gasteiger partial charge in [0.25, 0.3) is 0 Å². The van der Waals surface area contributed by atoms with E-state index in [4.69, 9.17) is 0 Å². The van der Waals surface area contributed by atoms with E-state index in [1.165, 1.54) is 16.7 Å². The molecule has 0 aliphatic carbocycles. The highest BCUT2D eigenvalue weighted by Gasteiger charge is 2.30. The third kappa shape index (κ3) is 1.81. The molecule has 2 heterocycles. The summed E-state index contributed by atoms with van der Waals surface area (Å²) in [5.74, 6) is -0.146. The molecule has 1 atom stereocenters. The van der Waals surface area contributed by atoms with Crippen LogP contribution in [0.1, 0.15) is 22.7 Å². The lowest BCUT2D eigenvalue weighted by Gasteiger charge is -2.35. The van der Waals surface area contributed by atoms with Gasteiger partial charge in [0.2, 0.25) is 0 Å². The Morgan fingerprint density at radius 2 is 2.00 bits per heavy atom. The van der Waals surface area contributed by atoms with Gasteiger partial charge in [0.15, 0.2) is 0 Å². The molecule has 4 rings (SSSR count). The van der Waals surface area contributed by atoms with Crippen LogP contribution in [0.4, 0.5) is 10.1 Å². The smallest absolute Gasteiger partial charge is 0.125 e. The van der Waals surface area contributed by atoms with Crippen molar-refractivity contribution in [1.82, 2.24) is 5.32 Å².